The summed E-state index contributed by atoms with van der Waals surface area (Å²) in [4.78, 5) is 27.2. The number of nitrogens with zero attached hydrogens (tertiary/aromatic N) is 1. The van der Waals surface area contributed by atoms with Crippen molar-refractivity contribution < 1.29 is 14.0 Å². The van der Waals surface area contributed by atoms with Gasteiger partial charge in [-0.2, -0.15) is 0 Å². The third-order valence-electron chi connectivity index (χ3n) is 3.35. The molecule has 0 atom stereocenters. The molecule has 1 aliphatic carbocycles. The maximum Gasteiger partial charge on any atom is 0.290 e. The van der Waals surface area contributed by atoms with Gasteiger partial charge < -0.3 is 4.42 Å². The van der Waals surface area contributed by atoms with Gasteiger partial charge in [-0.25, -0.2) is 0 Å². The Balaban J connectivity index is 1.73. The fourth-order valence-corrected chi connectivity index (χ4v) is 2.76. The summed E-state index contributed by atoms with van der Waals surface area (Å²) >= 11 is 0.863. The average molecular weight is 310 g/mol. The first kappa shape index (κ1) is 13.2. The molecule has 4 rings (SSSR count). The highest BCUT2D eigenvalue weighted by atomic mass is 32.2. The van der Waals surface area contributed by atoms with Crippen LogP contribution < -0.4 is 5.32 Å². The van der Waals surface area contributed by atoms with Gasteiger partial charge in [-0.1, -0.05) is 11.8 Å². The number of nitrogens with one attached hydrogen (secondary N) is 1. The maximum atomic E-state index is 11.6. The average Bonchev–Trinajstić information content (AvgIpc) is 3.14. The van der Waals surface area contributed by atoms with Gasteiger partial charge in [-0.3, -0.25) is 19.9 Å². The van der Waals surface area contributed by atoms with E-state index in [1.807, 2.05) is 0 Å². The monoisotopic (exact) mass is 310 g/mol. The SMILES string of the molecule is O=C1NC(=O)/C(=C\c2cc3cncc(C#CC4CC4)c3o2)S1. The van der Waals surface area contributed by atoms with Crippen LogP contribution in [0.4, 0.5) is 4.79 Å². The van der Waals surface area contributed by atoms with Crippen LogP contribution in [0.2, 0.25) is 0 Å². The Bertz CT molecular complexity index is 897. The van der Waals surface area contributed by atoms with Gasteiger partial charge in [0.1, 0.15) is 5.76 Å². The molecule has 2 fully saturated rings. The lowest BCUT2D eigenvalue weighted by molar-refractivity contribution is -0.115. The van der Waals surface area contributed by atoms with Crippen LogP contribution in [0.1, 0.15) is 24.2 Å². The summed E-state index contributed by atoms with van der Waals surface area (Å²) < 4.78 is 5.77. The first-order valence-electron chi connectivity index (χ1n) is 6.83. The van der Waals surface area contributed by atoms with Crippen LogP contribution in [0.25, 0.3) is 17.0 Å². The Kier molecular flexibility index (Phi) is 3.01. The molecule has 0 bridgehead atoms. The first-order chi connectivity index (χ1) is 10.7. The highest BCUT2D eigenvalue weighted by Gasteiger charge is 2.25. The van der Waals surface area contributed by atoms with E-state index in [1.165, 1.54) is 0 Å². The number of hydrogen-bond acceptors (Lipinski definition) is 5. The van der Waals surface area contributed by atoms with Crippen molar-refractivity contribution in [2.45, 2.75) is 12.8 Å². The summed E-state index contributed by atoms with van der Waals surface area (Å²) in [5.74, 6) is 6.89. The van der Waals surface area contributed by atoms with E-state index < -0.39 is 5.91 Å². The number of amides is 2. The molecule has 0 spiro atoms. The van der Waals surface area contributed by atoms with E-state index in [1.54, 1.807) is 24.5 Å². The summed E-state index contributed by atoms with van der Waals surface area (Å²) in [5.41, 5.74) is 1.40. The zero-order chi connectivity index (χ0) is 15.1. The van der Waals surface area contributed by atoms with Gasteiger partial charge in [0, 0.05) is 29.8 Å². The normalized spacial score (nSPS) is 19.4. The van der Waals surface area contributed by atoms with Crippen molar-refractivity contribution in [3.8, 4) is 11.8 Å². The fraction of sp³-hybridized carbons (Fsp3) is 0.188. The number of hydrogen-bond donors (Lipinski definition) is 1. The van der Waals surface area contributed by atoms with E-state index in [9.17, 15) is 9.59 Å². The van der Waals surface area contributed by atoms with Gasteiger partial charge >= 0.3 is 0 Å². The van der Waals surface area contributed by atoms with Gasteiger partial charge in [0.05, 0.1) is 10.5 Å². The minimum atomic E-state index is -0.401. The predicted molar refractivity (Wildman–Crippen MR) is 82.7 cm³/mol. The first-order valence-corrected chi connectivity index (χ1v) is 7.64. The molecule has 2 aromatic heterocycles. The van der Waals surface area contributed by atoms with Crippen LogP contribution in [0.15, 0.2) is 27.8 Å². The Morgan fingerprint density at radius 3 is 2.95 bits per heavy atom. The van der Waals surface area contributed by atoms with Crippen LogP contribution in [-0.2, 0) is 4.79 Å². The zero-order valence-corrected chi connectivity index (χ0v) is 12.2. The summed E-state index contributed by atoms with van der Waals surface area (Å²) in [6, 6.07) is 1.79. The quantitative estimate of drug-likeness (QED) is 0.647. The molecule has 0 aromatic carbocycles. The number of rotatable bonds is 1. The van der Waals surface area contributed by atoms with Crippen molar-refractivity contribution in [2.75, 3.05) is 0 Å². The van der Waals surface area contributed by atoms with E-state index >= 15 is 0 Å². The van der Waals surface area contributed by atoms with E-state index in [4.69, 9.17) is 4.42 Å². The molecule has 3 heterocycles. The summed E-state index contributed by atoms with van der Waals surface area (Å²) in [5, 5.41) is 2.67. The second kappa shape index (κ2) is 5.04. The van der Waals surface area contributed by atoms with E-state index in [0.29, 0.717) is 22.2 Å². The lowest BCUT2D eigenvalue weighted by Gasteiger charge is -1.91. The standard InChI is InChI=1S/C16H10N2O3S/c19-15-13(22-16(20)18-15)6-12-5-11-8-17-7-10(14(11)21-12)4-3-9-1-2-9/h5-9H,1-2H2,(H,18,19,20)/b13-6+. The van der Waals surface area contributed by atoms with Gasteiger partial charge in [-0.05, 0) is 30.7 Å². The smallest absolute Gasteiger partial charge is 0.290 e. The van der Waals surface area contributed by atoms with E-state index in [2.05, 4.69) is 22.1 Å². The molecule has 6 heteroatoms. The lowest BCUT2D eigenvalue weighted by Crippen LogP contribution is -2.17. The van der Waals surface area contributed by atoms with Crippen molar-refractivity contribution in [3.05, 3.63) is 34.7 Å². The van der Waals surface area contributed by atoms with Crippen LogP contribution in [0, 0.1) is 17.8 Å². The minimum Gasteiger partial charge on any atom is -0.455 e. The molecular formula is C16H10N2O3S. The van der Waals surface area contributed by atoms with Crippen LogP contribution in [0.5, 0.6) is 0 Å². The van der Waals surface area contributed by atoms with Crippen molar-refractivity contribution in [1.82, 2.24) is 10.3 Å². The second-order valence-corrected chi connectivity index (χ2v) is 6.16. The van der Waals surface area contributed by atoms with Crippen LogP contribution in [-0.4, -0.2) is 16.1 Å². The molecule has 108 valence electrons. The van der Waals surface area contributed by atoms with Crippen molar-refractivity contribution in [2.24, 2.45) is 5.92 Å². The highest BCUT2D eigenvalue weighted by Crippen LogP contribution is 2.30. The fourth-order valence-electron chi connectivity index (χ4n) is 2.10. The molecule has 0 radical (unpaired) electrons. The Morgan fingerprint density at radius 1 is 1.36 bits per heavy atom. The van der Waals surface area contributed by atoms with Crippen LogP contribution in [0.3, 0.4) is 0 Å². The lowest BCUT2D eigenvalue weighted by atomic mass is 10.2. The number of thioether (sulfide) groups is 1. The van der Waals surface area contributed by atoms with Gasteiger partial charge in [0.25, 0.3) is 11.1 Å². The number of imide groups is 1. The van der Waals surface area contributed by atoms with E-state index in [0.717, 1.165) is 35.6 Å². The summed E-state index contributed by atoms with van der Waals surface area (Å²) in [6.45, 7) is 0. The van der Waals surface area contributed by atoms with Gasteiger partial charge in [0.2, 0.25) is 0 Å². The molecule has 2 aromatic rings. The summed E-state index contributed by atoms with van der Waals surface area (Å²) in [6.07, 6.45) is 7.25. The Hall–Kier alpha value is -2.52. The molecule has 22 heavy (non-hydrogen) atoms. The third kappa shape index (κ3) is 2.51. The predicted octanol–water partition coefficient (Wildman–Crippen LogP) is 2.91. The molecular weight excluding hydrogens is 300 g/mol. The zero-order valence-electron chi connectivity index (χ0n) is 11.4. The molecule has 0 unspecified atom stereocenters. The largest absolute Gasteiger partial charge is 0.455 e. The van der Waals surface area contributed by atoms with Crippen molar-refractivity contribution >= 4 is 40.0 Å². The molecule has 2 aliphatic rings. The Labute approximate surface area is 130 Å². The number of carbonyl (C=O) groups excluding carboxylic acids is 2. The number of aromatic nitrogens is 1. The van der Waals surface area contributed by atoms with Crippen molar-refractivity contribution in [1.29, 1.82) is 0 Å². The Morgan fingerprint density at radius 2 is 2.23 bits per heavy atom. The van der Waals surface area contributed by atoms with Crippen LogP contribution >= 0.6 is 11.8 Å². The van der Waals surface area contributed by atoms with Gasteiger partial charge in [-0.15, -0.1) is 0 Å². The molecule has 1 saturated carbocycles. The topological polar surface area (TPSA) is 72.2 Å². The third-order valence-corrected chi connectivity index (χ3v) is 4.16. The molecule has 1 saturated heterocycles. The second-order valence-electron chi connectivity index (χ2n) is 5.15. The highest BCUT2D eigenvalue weighted by molar-refractivity contribution is 8.18. The maximum absolute atomic E-state index is 11.6. The minimum absolute atomic E-state index is 0.322. The molecule has 1 N–H and O–H groups in total. The molecule has 1 aliphatic heterocycles. The molecule has 5 nitrogen and oxygen atoms in total. The number of fused-ring (bicyclic) bond motifs is 1. The van der Waals surface area contributed by atoms with E-state index in [-0.39, 0.29) is 5.24 Å². The molecule has 2 amide bonds. The van der Waals surface area contributed by atoms with Gasteiger partial charge in [0.15, 0.2) is 5.58 Å². The summed E-state index contributed by atoms with van der Waals surface area (Å²) in [7, 11) is 0. The number of furan rings is 1. The number of carbonyl (C=O) groups is 2. The van der Waals surface area contributed by atoms with Crippen molar-refractivity contribution in [3.63, 3.8) is 0 Å². The number of pyridine rings is 1.